The van der Waals surface area contributed by atoms with Crippen molar-refractivity contribution in [2.24, 2.45) is 0 Å². The Hall–Kier alpha value is -2.33. The number of benzene rings is 2. The number of methoxy groups -OCH3 is 1. The van der Waals surface area contributed by atoms with E-state index in [1.165, 1.54) is 30.4 Å². The number of ether oxygens (including phenoxy) is 1. The zero-order chi connectivity index (χ0) is 19.2. The molecule has 3 rings (SSSR count). The lowest BCUT2D eigenvalue weighted by Crippen LogP contribution is -2.29. The van der Waals surface area contributed by atoms with Gasteiger partial charge in [-0.3, -0.25) is 4.79 Å². The molecule has 1 aliphatic rings. The predicted molar refractivity (Wildman–Crippen MR) is 109 cm³/mol. The van der Waals surface area contributed by atoms with Gasteiger partial charge in [-0.1, -0.05) is 36.4 Å². The molecular weight excluding hydrogens is 336 g/mol. The third-order valence-corrected chi connectivity index (χ3v) is 5.50. The van der Waals surface area contributed by atoms with Crippen molar-refractivity contribution in [2.75, 3.05) is 7.11 Å². The van der Waals surface area contributed by atoms with Crippen LogP contribution < -0.4 is 15.4 Å². The van der Waals surface area contributed by atoms with Crippen molar-refractivity contribution in [3.05, 3.63) is 65.2 Å². The maximum absolute atomic E-state index is 11.0. The van der Waals surface area contributed by atoms with Gasteiger partial charge < -0.3 is 15.4 Å². The summed E-state index contributed by atoms with van der Waals surface area (Å²) in [6, 6.07) is 17.8. The van der Waals surface area contributed by atoms with Gasteiger partial charge >= 0.3 is 0 Å². The SMILES string of the molecule is COc1cccc(C(C)NC2CCC(c3ccc(CNC(C)=O)cc3)C2)c1. The molecule has 1 amide bonds. The van der Waals surface area contributed by atoms with Gasteiger partial charge in [0.25, 0.3) is 0 Å². The van der Waals surface area contributed by atoms with Gasteiger partial charge in [0.1, 0.15) is 5.75 Å². The number of amides is 1. The first-order valence-corrected chi connectivity index (χ1v) is 9.78. The molecule has 144 valence electrons. The van der Waals surface area contributed by atoms with Crippen LogP contribution in [-0.4, -0.2) is 19.1 Å². The van der Waals surface area contributed by atoms with Gasteiger partial charge in [0, 0.05) is 25.6 Å². The number of hydrogen-bond acceptors (Lipinski definition) is 3. The molecular formula is C23H30N2O2. The Labute approximate surface area is 162 Å². The van der Waals surface area contributed by atoms with E-state index in [0.29, 0.717) is 24.5 Å². The molecule has 1 aliphatic carbocycles. The van der Waals surface area contributed by atoms with Crippen molar-refractivity contribution in [3.63, 3.8) is 0 Å². The fraction of sp³-hybridized carbons (Fsp3) is 0.435. The van der Waals surface area contributed by atoms with Crippen LogP contribution in [0.3, 0.4) is 0 Å². The summed E-state index contributed by atoms with van der Waals surface area (Å²) < 4.78 is 5.34. The summed E-state index contributed by atoms with van der Waals surface area (Å²) in [6.07, 6.45) is 3.58. The Morgan fingerprint density at radius 3 is 2.67 bits per heavy atom. The second-order valence-corrected chi connectivity index (χ2v) is 7.52. The first kappa shape index (κ1) is 19.4. The highest BCUT2D eigenvalue weighted by molar-refractivity contribution is 5.72. The van der Waals surface area contributed by atoms with Crippen LogP contribution in [0.25, 0.3) is 0 Å². The number of carbonyl (C=O) groups excluding carboxylic acids is 1. The van der Waals surface area contributed by atoms with Crippen LogP contribution in [0.2, 0.25) is 0 Å². The molecule has 3 unspecified atom stereocenters. The topological polar surface area (TPSA) is 50.4 Å². The van der Waals surface area contributed by atoms with Gasteiger partial charge in [0.15, 0.2) is 0 Å². The summed E-state index contributed by atoms with van der Waals surface area (Å²) in [7, 11) is 1.71. The third-order valence-electron chi connectivity index (χ3n) is 5.50. The lowest BCUT2D eigenvalue weighted by molar-refractivity contribution is -0.119. The molecule has 2 N–H and O–H groups in total. The zero-order valence-corrected chi connectivity index (χ0v) is 16.5. The average molecular weight is 367 g/mol. The van der Waals surface area contributed by atoms with E-state index in [-0.39, 0.29) is 5.91 Å². The Balaban J connectivity index is 1.54. The zero-order valence-electron chi connectivity index (χ0n) is 16.5. The van der Waals surface area contributed by atoms with E-state index in [1.807, 2.05) is 12.1 Å². The van der Waals surface area contributed by atoms with Crippen molar-refractivity contribution in [1.29, 1.82) is 0 Å². The molecule has 1 saturated carbocycles. The normalized spacial score (nSPS) is 20.3. The first-order chi connectivity index (χ1) is 13.0. The van der Waals surface area contributed by atoms with E-state index in [9.17, 15) is 4.79 Å². The van der Waals surface area contributed by atoms with Gasteiger partial charge in [-0.2, -0.15) is 0 Å². The van der Waals surface area contributed by atoms with E-state index < -0.39 is 0 Å². The van der Waals surface area contributed by atoms with E-state index in [4.69, 9.17) is 4.74 Å². The lowest BCUT2D eigenvalue weighted by atomic mass is 9.96. The van der Waals surface area contributed by atoms with E-state index in [2.05, 4.69) is 54.0 Å². The molecule has 1 fully saturated rings. The largest absolute Gasteiger partial charge is 0.497 e. The second-order valence-electron chi connectivity index (χ2n) is 7.52. The molecule has 3 atom stereocenters. The van der Waals surface area contributed by atoms with Gasteiger partial charge in [-0.15, -0.1) is 0 Å². The standard InChI is InChI=1S/C23H30N2O2/c1-16(20-5-4-6-23(14-20)27-3)25-22-12-11-21(13-22)19-9-7-18(8-10-19)15-24-17(2)26/h4-10,14,16,21-22,25H,11-13,15H2,1-3H3,(H,24,26). The van der Waals surface area contributed by atoms with Crippen LogP contribution in [0.5, 0.6) is 5.75 Å². The van der Waals surface area contributed by atoms with Crippen LogP contribution in [0.4, 0.5) is 0 Å². The molecule has 0 aromatic heterocycles. The quantitative estimate of drug-likeness (QED) is 0.767. The van der Waals surface area contributed by atoms with Crippen molar-refractivity contribution in [1.82, 2.24) is 10.6 Å². The number of nitrogens with one attached hydrogen (secondary N) is 2. The highest BCUT2D eigenvalue weighted by atomic mass is 16.5. The van der Waals surface area contributed by atoms with E-state index in [1.54, 1.807) is 14.0 Å². The van der Waals surface area contributed by atoms with Gasteiger partial charge in [0.05, 0.1) is 7.11 Å². The van der Waals surface area contributed by atoms with Crippen LogP contribution in [0, 0.1) is 0 Å². The minimum Gasteiger partial charge on any atom is -0.497 e. The lowest BCUT2D eigenvalue weighted by Gasteiger charge is -2.20. The summed E-state index contributed by atoms with van der Waals surface area (Å²) in [5.74, 6) is 1.52. The highest BCUT2D eigenvalue weighted by Crippen LogP contribution is 2.35. The van der Waals surface area contributed by atoms with Gasteiger partial charge in [-0.25, -0.2) is 0 Å². The summed E-state index contributed by atoms with van der Waals surface area (Å²) in [4.78, 5) is 11.0. The third kappa shape index (κ3) is 5.33. The maximum atomic E-state index is 11.0. The van der Waals surface area contributed by atoms with Gasteiger partial charge in [-0.05, 0) is 60.9 Å². The Kier molecular flexibility index (Phi) is 6.51. The average Bonchev–Trinajstić information content (AvgIpc) is 3.15. The Morgan fingerprint density at radius 1 is 1.19 bits per heavy atom. The molecule has 0 saturated heterocycles. The maximum Gasteiger partial charge on any atom is 0.217 e. The Morgan fingerprint density at radius 2 is 1.96 bits per heavy atom. The Bertz CT molecular complexity index is 757. The summed E-state index contributed by atoms with van der Waals surface area (Å²) in [6.45, 7) is 4.37. The molecule has 2 aromatic rings. The van der Waals surface area contributed by atoms with E-state index >= 15 is 0 Å². The first-order valence-electron chi connectivity index (χ1n) is 9.78. The molecule has 27 heavy (non-hydrogen) atoms. The van der Waals surface area contributed by atoms with Crippen molar-refractivity contribution < 1.29 is 9.53 Å². The van der Waals surface area contributed by atoms with E-state index in [0.717, 1.165) is 11.3 Å². The van der Waals surface area contributed by atoms with Crippen molar-refractivity contribution >= 4 is 5.91 Å². The number of rotatable bonds is 7. The van der Waals surface area contributed by atoms with Crippen LogP contribution in [-0.2, 0) is 11.3 Å². The van der Waals surface area contributed by atoms with Crippen molar-refractivity contribution in [2.45, 2.75) is 57.7 Å². The van der Waals surface area contributed by atoms with Crippen molar-refractivity contribution in [3.8, 4) is 5.75 Å². The molecule has 0 radical (unpaired) electrons. The smallest absolute Gasteiger partial charge is 0.217 e. The monoisotopic (exact) mass is 366 g/mol. The van der Waals surface area contributed by atoms with Crippen LogP contribution in [0.15, 0.2) is 48.5 Å². The fourth-order valence-corrected chi connectivity index (χ4v) is 3.93. The summed E-state index contributed by atoms with van der Waals surface area (Å²) in [5, 5.41) is 6.63. The molecule has 0 spiro atoms. The molecule has 0 aliphatic heterocycles. The molecule has 0 bridgehead atoms. The number of carbonyl (C=O) groups is 1. The highest BCUT2D eigenvalue weighted by Gasteiger charge is 2.27. The minimum atomic E-state index is 0.00828. The molecule has 4 nitrogen and oxygen atoms in total. The summed E-state index contributed by atoms with van der Waals surface area (Å²) in [5.41, 5.74) is 3.81. The minimum absolute atomic E-state index is 0.00828. The van der Waals surface area contributed by atoms with Gasteiger partial charge in [0.2, 0.25) is 5.91 Å². The van der Waals surface area contributed by atoms with Crippen LogP contribution >= 0.6 is 0 Å². The number of hydrogen-bond donors (Lipinski definition) is 2. The molecule has 2 aromatic carbocycles. The fourth-order valence-electron chi connectivity index (χ4n) is 3.93. The molecule has 0 heterocycles. The summed E-state index contributed by atoms with van der Waals surface area (Å²) >= 11 is 0. The predicted octanol–water partition coefficient (Wildman–Crippen LogP) is 4.32. The second kappa shape index (κ2) is 9.05. The molecule has 4 heteroatoms. The van der Waals surface area contributed by atoms with Crippen LogP contribution in [0.1, 0.15) is 61.8 Å².